The molecule has 0 atom stereocenters. The van der Waals surface area contributed by atoms with E-state index in [4.69, 9.17) is 16.3 Å². The van der Waals surface area contributed by atoms with E-state index in [0.29, 0.717) is 25.5 Å². The molecule has 0 fully saturated rings. The zero-order valence-electron chi connectivity index (χ0n) is 10.0. The largest absolute Gasteiger partial charge is 0.494 e. The Morgan fingerprint density at radius 1 is 1.35 bits per heavy atom. The van der Waals surface area contributed by atoms with E-state index in [9.17, 15) is 4.79 Å². The molecule has 1 rings (SSSR count). The number of benzene rings is 1. The summed E-state index contributed by atoms with van der Waals surface area (Å²) >= 11 is 5.46. The highest BCUT2D eigenvalue weighted by atomic mass is 35.5. The summed E-state index contributed by atoms with van der Waals surface area (Å²) in [6.45, 7) is 3.28. The second kappa shape index (κ2) is 7.96. The van der Waals surface area contributed by atoms with Crippen molar-refractivity contribution in [2.24, 2.45) is 0 Å². The van der Waals surface area contributed by atoms with Gasteiger partial charge < -0.3 is 10.1 Å². The second-order valence-corrected chi connectivity index (χ2v) is 3.99. The first kappa shape index (κ1) is 13.8. The van der Waals surface area contributed by atoms with Crippen LogP contribution in [-0.4, -0.2) is 24.9 Å². The zero-order chi connectivity index (χ0) is 12.5. The third-order valence-electron chi connectivity index (χ3n) is 2.29. The van der Waals surface area contributed by atoms with Crippen molar-refractivity contribution in [1.29, 1.82) is 0 Å². The van der Waals surface area contributed by atoms with Crippen molar-refractivity contribution in [1.82, 2.24) is 5.32 Å². The average Bonchev–Trinajstić information content (AvgIpc) is 2.32. The van der Waals surface area contributed by atoms with Gasteiger partial charge in [-0.25, -0.2) is 0 Å². The smallest absolute Gasteiger partial charge is 0.221 e. The molecular formula is C13H18ClNO2. The molecule has 0 bridgehead atoms. The molecule has 1 aromatic carbocycles. The SMILES string of the molecule is CCOc1ccc(CCNC(=O)CCCl)cc1. The number of hydrogen-bond acceptors (Lipinski definition) is 2. The zero-order valence-corrected chi connectivity index (χ0v) is 10.8. The van der Waals surface area contributed by atoms with E-state index in [1.165, 1.54) is 5.56 Å². The fourth-order valence-corrected chi connectivity index (χ4v) is 1.61. The third kappa shape index (κ3) is 5.59. The Morgan fingerprint density at radius 2 is 2.06 bits per heavy atom. The maximum Gasteiger partial charge on any atom is 0.221 e. The van der Waals surface area contributed by atoms with E-state index in [-0.39, 0.29) is 5.91 Å². The first-order valence-electron chi connectivity index (χ1n) is 5.80. The molecule has 0 radical (unpaired) electrons. The van der Waals surface area contributed by atoms with Gasteiger partial charge in [-0.3, -0.25) is 4.79 Å². The van der Waals surface area contributed by atoms with Crippen molar-refractivity contribution in [2.75, 3.05) is 19.0 Å². The summed E-state index contributed by atoms with van der Waals surface area (Å²) in [7, 11) is 0. The number of carbonyl (C=O) groups is 1. The average molecular weight is 256 g/mol. The van der Waals surface area contributed by atoms with E-state index in [1.54, 1.807) is 0 Å². The molecule has 0 aliphatic heterocycles. The normalized spacial score (nSPS) is 10.0. The lowest BCUT2D eigenvalue weighted by Crippen LogP contribution is -2.25. The molecule has 0 spiro atoms. The van der Waals surface area contributed by atoms with Crippen LogP contribution in [0.5, 0.6) is 5.75 Å². The van der Waals surface area contributed by atoms with Crippen LogP contribution in [0.4, 0.5) is 0 Å². The number of hydrogen-bond donors (Lipinski definition) is 1. The molecule has 0 aliphatic rings. The minimum Gasteiger partial charge on any atom is -0.494 e. The summed E-state index contributed by atoms with van der Waals surface area (Å²) in [5.74, 6) is 1.25. The second-order valence-electron chi connectivity index (χ2n) is 3.62. The number of carbonyl (C=O) groups excluding carboxylic acids is 1. The van der Waals surface area contributed by atoms with Gasteiger partial charge >= 0.3 is 0 Å². The minimum atomic E-state index is 0.00550. The summed E-state index contributed by atoms with van der Waals surface area (Å²) in [6.07, 6.45) is 1.20. The van der Waals surface area contributed by atoms with Crippen LogP contribution in [0, 0.1) is 0 Å². The predicted octanol–water partition coefficient (Wildman–Crippen LogP) is 2.37. The van der Waals surface area contributed by atoms with Crippen molar-refractivity contribution in [3.8, 4) is 5.75 Å². The number of nitrogens with one attached hydrogen (secondary N) is 1. The van der Waals surface area contributed by atoms with Gasteiger partial charge in [-0.1, -0.05) is 12.1 Å². The van der Waals surface area contributed by atoms with Gasteiger partial charge in [0.25, 0.3) is 0 Å². The standard InChI is InChI=1S/C13H18ClNO2/c1-2-17-12-5-3-11(4-6-12)8-10-15-13(16)7-9-14/h3-6H,2,7-10H2,1H3,(H,15,16). The lowest BCUT2D eigenvalue weighted by molar-refractivity contribution is -0.120. The molecule has 0 aliphatic carbocycles. The van der Waals surface area contributed by atoms with Gasteiger partial charge in [-0.2, -0.15) is 0 Å². The quantitative estimate of drug-likeness (QED) is 0.760. The molecule has 0 aromatic heterocycles. The van der Waals surface area contributed by atoms with Crippen LogP contribution in [-0.2, 0) is 11.2 Å². The number of alkyl halides is 1. The van der Waals surface area contributed by atoms with Crippen molar-refractivity contribution >= 4 is 17.5 Å². The van der Waals surface area contributed by atoms with Gasteiger partial charge in [0.05, 0.1) is 6.61 Å². The van der Waals surface area contributed by atoms with E-state index in [0.717, 1.165) is 12.2 Å². The molecule has 94 valence electrons. The van der Waals surface area contributed by atoms with Gasteiger partial charge in [0, 0.05) is 18.8 Å². The van der Waals surface area contributed by atoms with Crippen LogP contribution in [0.25, 0.3) is 0 Å². The molecule has 0 heterocycles. The maximum atomic E-state index is 11.2. The lowest BCUT2D eigenvalue weighted by Gasteiger charge is -2.06. The van der Waals surface area contributed by atoms with Crippen LogP contribution < -0.4 is 10.1 Å². The lowest BCUT2D eigenvalue weighted by atomic mass is 10.1. The Balaban J connectivity index is 2.29. The van der Waals surface area contributed by atoms with Crippen molar-refractivity contribution < 1.29 is 9.53 Å². The number of amides is 1. The Kier molecular flexibility index (Phi) is 6.48. The molecule has 0 saturated heterocycles. The molecule has 0 unspecified atom stereocenters. The van der Waals surface area contributed by atoms with E-state index in [2.05, 4.69) is 5.32 Å². The Bertz CT molecular complexity index is 338. The Morgan fingerprint density at radius 3 is 2.65 bits per heavy atom. The van der Waals surface area contributed by atoms with Crippen LogP contribution in [0.3, 0.4) is 0 Å². The van der Waals surface area contributed by atoms with Crippen molar-refractivity contribution in [3.63, 3.8) is 0 Å². The Hall–Kier alpha value is -1.22. The van der Waals surface area contributed by atoms with Gasteiger partial charge in [0.2, 0.25) is 5.91 Å². The third-order valence-corrected chi connectivity index (χ3v) is 2.48. The Labute approximate surface area is 107 Å². The summed E-state index contributed by atoms with van der Waals surface area (Å²) in [4.78, 5) is 11.2. The number of rotatable bonds is 7. The first-order valence-corrected chi connectivity index (χ1v) is 6.34. The summed E-state index contributed by atoms with van der Waals surface area (Å²) in [5.41, 5.74) is 1.18. The highest BCUT2D eigenvalue weighted by Crippen LogP contribution is 2.12. The van der Waals surface area contributed by atoms with Crippen LogP contribution in [0.15, 0.2) is 24.3 Å². The maximum absolute atomic E-state index is 11.2. The topological polar surface area (TPSA) is 38.3 Å². The predicted molar refractivity (Wildman–Crippen MR) is 69.7 cm³/mol. The molecule has 4 heteroatoms. The fraction of sp³-hybridized carbons (Fsp3) is 0.462. The summed E-state index contributed by atoms with van der Waals surface area (Å²) < 4.78 is 5.35. The van der Waals surface area contributed by atoms with Crippen LogP contribution in [0.1, 0.15) is 18.9 Å². The van der Waals surface area contributed by atoms with Gasteiger partial charge in [0.15, 0.2) is 0 Å². The van der Waals surface area contributed by atoms with Crippen molar-refractivity contribution in [3.05, 3.63) is 29.8 Å². The number of ether oxygens (including phenoxy) is 1. The molecule has 17 heavy (non-hydrogen) atoms. The van der Waals surface area contributed by atoms with Gasteiger partial charge in [0.1, 0.15) is 5.75 Å². The molecule has 1 amide bonds. The van der Waals surface area contributed by atoms with E-state index in [1.807, 2.05) is 31.2 Å². The highest BCUT2D eigenvalue weighted by Gasteiger charge is 1.99. The fourth-order valence-electron chi connectivity index (χ4n) is 1.44. The minimum absolute atomic E-state index is 0.00550. The van der Waals surface area contributed by atoms with Crippen LogP contribution in [0.2, 0.25) is 0 Å². The van der Waals surface area contributed by atoms with Gasteiger partial charge in [-0.15, -0.1) is 11.6 Å². The van der Waals surface area contributed by atoms with Crippen LogP contribution >= 0.6 is 11.6 Å². The number of halogens is 1. The highest BCUT2D eigenvalue weighted by molar-refractivity contribution is 6.18. The van der Waals surface area contributed by atoms with Gasteiger partial charge in [-0.05, 0) is 31.0 Å². The van der Waals surface area contributed by atoms with E-state index < -0.39 is 0 Å². The molecule has 0 saturated carbocycles. The summed E-state index contributed by atoms with van der Waals surface area (Å²) in [5, 5.41) is 2.82. The monoisotopic (exact) mass is 255 g/mol. The molecule has 1 N–H and O–H groups in total. The van der Waals surface area contributed by atoms with E-state index >= 15 is 0 Å². The molecule has 1 aromatic rings. The molecular weight excluding hydrogens is 238 g/mol. The summed E-state index contributed by atoms with van der Waals surface area (Å²) in [6, 6.07) is 7.91. The first-order chi connectivity index (χ1) is 8.26. The molecule has 3 nitrogen and oxygen atoms in total. The van der Waals surface area contributed by atoms with Crippen molar-refractivity contribution in [2.45, 2.75) is 19.8 Å².